The van der Waals surface area contributed by atoms with Crippen LogP contribution in [0.15, 0.2) is 11.4 Å². The minimum atomic E-state index is 0.723. The molecule has 1 aromatic rings. The van der Waals surface area contributed by atoms with Gasteiger partial charge in [-0.25, -0.2) is 0 Å². The Morgan fingerprint density at radius 1 is 1.20 bits per heavy atom. The van der Waals surface area contributed by atoms with Crippen LogP contribution in [0.2, 0.25) is 0 Å². The normalized spacial score (nSPS) is 31.4. The Morgan fingerprint density at radius 3 is 2.80 bits per heavy atom. The van der Waals surface area contributed by atoms with Crippen LogP contribution in [0.4, 0.5) is 0 Å². The van der Waals surface area contributed by atoms with E-state index in [4.69, 9.17) is 0 Å². The maximum atomic E-state index is 3.88. The maximum absolute atomic E-state index is 3.88. The average molecular weight is 292 g/mol. The molecule has 1 aliphatic heterocycles. The molecule has 20 heavy (non-hydrogen) atoms. The van der Waals surface area contributed by atoms with Gasteiger partial charge >= 0.3 is 0 Å². The fourth-order valence-electron chi connectivity index (χ4n) is 3.95. The van der Waals surface area contributed by atoms with Crippen LogP contribution in [-0.4, -0.2) is 18.6 Å². The molecule has 3 atom stereocenters. The Hall–Kier alpha value is -0.380. The first-order valence-corrected chi connectivity index (χ1v) is 9.22. The lowest BCUT2D eigenvalue weighted by Crippen LogP contribution is -2.50. The van der Waals surface area contributed by atoms with Crippen molar-refractivity contribution < 1.29 is 0 Å². The lowest BCUT2D eigenvalue weighted by Gasteiger charge is -2.40. The zero-order valence-corrected chi connectivity index (χ0v) is 13.5. The monoisotopic (exact) mass is 292 g/mol. The summed E-state index contributed by atoms with van der Waals surface area (Å²) in [7, 11) is 0. The van der Waals surface area contributed by atoms with E-state index in [1.54, 1.807) is 0 Å². The second-order valence-corrected chi connectivity index (χ2v) is 7.52. The summed E-state index contributed by atoms with van der Waals surface area (Å²) < 4.78 is 0. The molecular weight excluding hydrogens is 264 g/mol. The molecule has 1 saturated carbocycles. The number of piperidine rings is 1. The molecule has 1 aliphatic carbocycles. The van der Waals surface area contributed by atoms with E-state index in [0.717, 1.165) is 24.5 Å². The van der Waals surface area contributed by atoms with Crippen molar-refractivity contribution in [2.75, 3.05) is 6.54 Å². The first-order chi connectivity index (χ1) is 9.84. The molecule has 0 bridgehead atoms. The largest absolute Gasteiger partial charge is 0.314 e. The number of hydrogen-bond acceptors (Lipinski definition) is 3. The Bertz CT molecular complexity index is 409. The molecule has 2 aliphatic rings. The van der Waals surface area contributed by atoms with Crippen molar-refractivity contribution in [2.24, 2.45) is 5.92 Å². The minimum absolute atomic E-state index is 0.723. The van der Waals surface area contributed by atoms with Crippen molar-refractivity contribution in [1.82, 2.24) is 10.6 Å². The van der Waals surface area contributed by atoms with E-state index in [9.17, 15) is 0 Å². The Balaban J connectivity index is 1.58. The van der Waals surface area contributed by atoms with E-state index in [2.05, 4.69) is 29.0 Å². The average Bonchev–Trinajstić information content (AvgIpc) is 2.92. The number of thiophene rings is 1. The van der Waals surface area contributed by atoms with Crippen molar-refractivity contribution in [1.29, 1.82) is 0 Å². The Morgan fingerprint density at radius 2 is 2.05 bits per heavy atom. The third kappa shape index (κ3) is 3.44. The van der Waals surface area contributed by atoms with Gasteiger partial charge in [-0.05, 0) is 62.1 Å². The van der Waals surface area contributed by atoms with E-state index in [0.29, 0.717) is 0 Å². The summed E-state index contributed by atoms with van der Waals surface area (Å²) in [5.41, 5.74) is 1.45. The molecule has 0 amide bonds. The van der Waals surface area contributed by atoms with Gasteiger partial charge in [0.2, 0.25) is 0 Å². The molecule has 1 saturated heterocycles. The van der Waals surface area contributed by atoms with Gasteiger partial charge in [0.05, 0.1) is 0 Å². The molecule has 3 rings (SSSR count). The lowest BCUT2D eigenvalue weighted by molar-refractivity contribution is 0.181. The highest BCUT2D eigenvalue weighted by Gasteiger charge is 2.32. The summed E-state index contributed by atoms with van der Waals surface area (Å²) in [6, 6.07) is 3.73. The van der Waals surface area contributed by atoms with Gasteiger partial charge in [-0.15, -0.1) is 11.3 Å². The Kier molecular flexibility index (Phi) is 5.14. The zero-order chi connectivity index (χ0) is 13.8. The highest BCUT2D eigenvalue weighted by atomic mass is 32.1. The van der Waals surface area contributed by atoms with Gasteiger partial charge in [0.15, 0.2) is 0 Å². The second-order valence-electron chi connectivity index (χ2n) is 6.52. The van der Waals surface area contributed by atoms with E-state index < -0.39 is 0 Å². The van der Waals surface area contributed by atoms with Crippen LogP contribution in [0.5, 0.6) is 0 Å². The highest BCUT2D eigenvalue weighted by molar-refractivity contribution is 7.10. The smallest absolute Gasteiger partial charge is 0.0305 e. The quantitative estimate of drug-likeness (QED) is 0.881. The summed E-state index contributed by atoms with van der Waals surface area (Å²) in [6.45, 7) is 4.53. The van der Waals surface area contributed by atoms with Crippen LogP contribution >= 0.6 is 11.3 Å². The maximum Gasteiger partial charge on any atom is 0.0305 e. The van der Waals surface area contributed by atoms with Gasteiger partial charge in [-0.2, -0.15) is 0 Å². The summed E-state index contributed by atoms with van der Waals surface area (Å²) in [6.07, 6.45) is 9.80. The van der Waals surface area contributed by atoms with Crippen molar-refractivity contribution in [3.05, 3.63) is 21.9 Å². The van der Waals surface area contributed by atoms with Crippen LogP contribution in [-0.2, 0) is 6.54 Å². The molecule has 0 aromatic carbocycles. The summed E-state index contributed by atoms with van der Waals surface area (Å²) in [4.78, 5) is 1.52. The molecule has 2 N–H and O–H groups in total. The predicted molar refractivity (Wildman–Crippen MR) is 87.3 cm³/mol. The third-order valence-electron chi connectivity index (χ3n) is 5.18. The molecule has 3 unspecified atom stereocenters. The Labute approximate surface area is 127 Å². The van der Waals surface area contributed by atoms with Crippen LogP contribution < -0.4 is 10.6 Å². The summed E-state index contributed by atoms with van der Waals surface area (Å²) >= 11 is 1.90. The number of hydrogen-bond donors (Lipinski definition) is 2. The van der Waals surface area contributed by atoms with Crippen molar-refractivity contribution >= 4 is 11.3 Å². The lowest BCUT2D eigenvalue weighted by atomic mass is 9.77. The topological polar surface area (TPSA) is 24.1 Å². The SMILES string of the molecule is Cc1ccsc1CNC1CCCCC1C1CCCCN1. The minimum Gasteiger partial charge on any atom is -0.314 e. The first kappa shape index (κ1) is 14.6. The number of aryl methyl sites for hydroxylation is 1. The summed E-state index contributed by atoms with van der Waals surface area (Å²) in [5, 5.41) is 9.88. The molecule has 2 heterocycles. The molecule has 112 valence electrons. The zero-order valence-electron chi connectivity index (χ0n) is 12.7. The fourth-order valence-corrected chi connectivity index (χ4v) is 4.80. The van der Waals surface area contributed by atoms with Gasteiger partial charge in [0, 0.05) is 23.5 Å². The fraction of sp³-hybridized carbons (Fsp3) is 0.765. The number of nitrogens with one attached hydrogen (secondary N) is 2. The molecule has 0 spiro atoms. The molecule has 2 nitrogen and oxygen atoms in total. The number of rotatable bonds is 4. The molecule has 3 heteroatoms. The van der Waals surface area contributed by atoms with Gasteiger partial charge in [-0.1, -0.05) is 19.3 Å². The third-order valence-corrected chi connectivity index (χ3v) is 6.20. The van der Waals surface area contributed by atoms with Crippen molar-refractivity contribution in [3.63, 3.8) is 0 Å². The van der Waals surface area contributed by atoms with Gasteiger partial charge in [-0.3, -0.25) is 0 Å². The molecule has 0 radical (unpaired) electrons. The standard InChI is InChI=1S/C17H28N2S/c1-13-9-11-20-17(13)12-19-16-7-3-2-6-14(16)15-8-4-5-10-18-15/h9,11,14-16,18-19H,2-8,10,12H2,1H3. The van der Waals surface area contributed by atoms with E-state index in [1.807, 2.05) is 11.3 Å². The molecule has 2 fully saturated rings. The second kappa shape index (κ2) is 7.06. The van der Waals surface area contributed by atoms with Gasteiger partial charge in [0.1, 0.15) is 0 Å². The van der Waals surface area contributed by atoms with Crippen LogP contribution in [0.25, 0.3) is 0 Å². The van der Waals surface area contributed by atoms with E-state index >= 15 is 0 Å². The van der Waals surface area contributed by atoms with Crippen LogP contribution in [0.3, 0.4) is 0 Å². The van der Waals surface area contributed by atoms with Crippen LogP contribution in [0, 0.1) is 12.8 Å². The predicted octanol–water partition coefficient (Wildman–Crippen LogP) is 3.85. The van der Waals surface area contributed by atoms with Crippen LogP contribution in [0.1, 0.15) is 55.4 Å². The van der Waals surface area contributed by atoms with Crippen molar-refractivity contribution in [3.8, 4) is 0 Å². The molecular formula is C17H28N2S. The van der Waals surface area contributed by atoms with E-state index in [1.165, 1.54) is 61.9 Å². The summed E-state index contributed by atoms with van der Waals surface area (Å²) in [5.74, 6) is 0.851. The molecule has 1 aromatic heterocycles. The first-order valence-electron chi connectivity index (χ1n) is 8.34. The van der Waals surface area contributed by atoms with Crippen molar-refractivity contribution in [2.45, 2.75) is 70.5 Å². The van der Waals surface area contributed by atoms with Gasteiger partial charge < -0.3 is 10.6 Å². The van der Waals surface area contributed by atoms with E-state index in [-0.39, 0.29) is 0 Å². The van der Waals surface area contributed by atoms with Gasteiger partial charge in [0.25, 0.3) is 0 Å². The highest BCUT2D eigenvalue weighted by Crippen LogP contribution is 2.31.